The van der Waals surface area contributed by atoms with Crippen molar-refractivity contribution in [2.24, 2.45) is 5.73 Å². The van der Waals surface area contributed by atoms with Gasteiger partial charge in [0, 0.05) is 10.9 Å². The van der Waals surface area contributed by atoms with Crippen molar-refractivity contribution >= 4 is 23.1 Å². The lowest BCUT2D eigenvalue weighted by Gasteiger charge is -2.20. The summed E-state index contributed by atoms with van der Waals surface area (Å²) in [4.78, 5) is 2.44. The summed E-state index contributed by atoms with van der Waals surface area (Å²) in [6.07, 6.45) is 0. The molecule has 0 bridgehead atoms. The second kappa shape index (κ2) is 6.27. The molecule has 0 radical (unpaired) electrons. The van der Waals surface area contributed by atoms with Gasteiger partial charge in [-0.2, -0.15) is 0 Å². The molecule has 1 heterocycles. The monoisotopic (exact) mass is 279 g/mol. The van der Waals surface area contributed by atoms with Gasteiger partial charge in [-0.15, -0.1) is 23.1 Å². The zero-order valence-corrected chi connectivity index (χ0v) is 12.1. The van der Waals surface area contributed by atoms with Crippen LogP contribution < -0.4 is 10.5 Å². The number of thioether (sulfide) groups is 1. The Morgan fingerprint density at radius 2 is 2.00 bits per heavy atom. The zero-order chi connectivity index (χ0) is 13.0. The highest BCUT2D eigenvalue weighted by Crippen LogP contribution is 2.42. The van der Waals surface area contributed by atoms with Crippen LogP contribution in [0.1, 0.15) is 17.1 Å². The highest BCUT2D eigenvalue weighted by molar-refractivity contribution is 7.99. The van der Waals surface area contributed by atoms with Crippen molar-refractivity contribution in [3.05, 3.63) is 46.7 Å². The van der Waals surface area contributed by atoms with E-state index in [1.165, 1.54) is 4.88 Å². The van der Waals surface area contributed by atoms with Crippen molar-refractivity contribution in [3.63, 3.8) is 0 Å². The van der Waals surface area contributed by atoms with Crippen molar-refractivity contribution in [2.75, 3.05) is 7.11 Å². The molecule has 1 aromatic carbocycles. The number of hydrogen-bond donors (Lipinski definition) is 1. The Kier molecular flexibility index (Phi) is 4.69. The first-order valence-corrected chi connectivity index (χ1v) is 7.57. The predicted molar refractivity (Wildman–Crippen MR) is 79.6 cm³/mol. The normalized spacial score (nSPS) is 14.2. The number of hydrogen-bond acceptors (Lipinski definition) is 4. The first-order valence-electron chi connectivity index (χ1n) is 5.81. The lowest BCUT2D eigenvalue weighted by atomic mass is 10.2. The Hall–Kier alpha value is -0.970. The number of thiophene rings is 1. The molecule has 0 aliphatic rings. The maximum absolute atomic E-state index is 6.11. The number of benzene rings is 1. The van der Waals surface area contributed by atoms with Gasteiger partial charge in [0.15, 0.2) is 0 Å². The zero-order valence-electron chi connectivity index (χ0n) is 10.5. The Balaban J connectivity index is 2.24. The van der Waals surface area contributed by atoms with Crippen LogP contribution in [0.3, 0.4) is 0 Å². The molecule has 1 aromatic heterocycles. The molecule has 0 amide bonds. The molecule has 2 atom stereocenters. The molecule has 96 valence electrons. The van der Waals surface area contributed by atoms with E-state index in [0.717, 1.165) is 10.6 Å². The van der Waals surface area contributed by atoms with Crippen LogP contribution >= 0.6 is 23.1 Å². The van der Waals surface area contributed by atoms with E-state index in [4.69, 9.17) is 10.5 Å². The largest absolute Gasteiger partial charge is 0.496 e. The standard InChI is InChI=1S/C14H17NOS2/c1-10(15)14(13-8-5-9-17-13)18-12-7-4-3-6-11(12)16-2/h3-10,14H,15H2,1-2H3. The summed E-state index contributed by atoms with van der Waals surface area (Å²) in [7, 11) is 1.70. The highest BCUT2D eigenvalue weighted by Gasteiger charge is 2.20. The third kappa shape index (κ3) is 3.07. The Morgan fingerprint density at radius 3 is 2.61 bits per heavy atom. The Morgan fingerprint density at radius 1 is 1.22 bits per heavy atom. The molecule has 4 heteroatoms. The third-order valence-corrected chi connectivity index (χ3v) is 5.26. The summed E-state index contributed by atoms with van der Waals surface area (Å²) < 4.78 is 5.39. The van der Waals surface area contributed by atoms with Crippen LogP contribution in [0.2, 0.25) is 0 Å². The fourth-order valence-electron chi connectivity index (χ4n) is 1.73. The van der Waals surface area contributed by atoms with Crippen molar-refractivity contribution in [1.29, 1.82) is 0 Å². The average Bonchev–Trinajstić information content (AvgIpc) is 2.89. The van der Waals surface area contributed by atoms with Crippen LogP contribution in [0.25, 0.3) is 0 Å². The van der Waals surface area contributed by atoms with Crippen LogP contribution in [-0.2, 0) is 0 Å². The Bertz CT molecular complexity index is 482. The molecule has 2 N–H and O–H groups in total. The first-order chi connectivity index (χ1) is 8.72. The SMILES string of the molecule is COc1ccccc1SC(c1cccs1)C(C)N. The van der Waals surface area contributed by atoms with E-state index in [-0.39, 0.29) is 11.3 Å². The third-order valence-electron chi connectivity index (χ3n) is 2.62. The second-order valence-electron chi connectivity index (χ2n) is 4.06. The predicted octanol–water partition coefficient (Wildman–Crippen LogP) is 3.94. The minimum absolute atomic E-state index is 0.0959. The number of rotatable bonds is 5. The van der Waals surface area contributed by atoms with Crippen molar-refractivity contribution < 1.29 is 4.74 Å². The van der Waals surface area contributed by atoms with Crippen LogP contribution in [0.15, 0.2) is 46.7 Å². The van der Waals surface area contributed by atoms with E-state index >= 15 is 0 Å². The topological polar surface area (TPSA) is 35.2 Å². The van der Waals surface area contributed by atoms with Crippen molar-refractivity contribution in [2.45, 2.75) is 23.1 Å². The quantitative estimate of drug-likeness (QED) is 0.842. The molecule has 18 heavy (non-hydrogen) atoms. The van der Waals surface area contributed by atoms with Crippen LogP contribution in [-0.4, -0.2) is 13.2 Å². The van der Waals surface area contributed by atoms with Crippen LogP contribution in [0.4, 0.5) is 0 Å². The molecule has 2 nitrogen and oxygen atoms in total. The first kappa shape index (κ1) is 13.5. The van der Waals surface area contributed by atoms with Gasteiger partial charge < -0.3 is 10.5 Å². The number of para-hydroxylation sites is 1. The van der Waals surface area contributed by atoms with E-state index in [0.29, 0.717) is 0 Å². The van der Waals surface area contributed by atoms with Crippen molar-refractivity contribution in [1.82, 2.24) is 0 Å². The van der Waals surface area contributed by atoms with E-state index in [1.807, 2.05) is 25.1 Å². The average molecular weight is 279 g/mol. The molecule has 0 saturated carbocycles. The van der Waals surface area contributed by atoms with Gasteiger partial charge in [0.2, 0.25) is 0 Å². The number of nitrogens with two attached hydrogens (primary N) is 1. The lowest BCUT2D eigenvalue weighted by Crippen LogP contribution is -2.21. The van der Waals surface area contributed by atoms with Crippen LogP contribution in [0.5, 0.6) is 5.75 Å². The molecule has 2 unspecified atom stereocenters. The van der Waals surface area contributed by atoms with Gasteiger partial charge >= 0.3 is 0 Å². The van der Waals surface area contributed by atoms with Crippen LogP contribution in [0, 0.1) is 0 Å². The van der Waals surface area contributed by atoms with Gasteiger partial charge in [-0.25, -0.2) is 0 Å². The maximum Gasteiger partial charge on any atom is 0.132 e. The van der Waals surface area contributed by atoms with Gasteiger partial charge in [-0.05, 0) is 30.5 Å². The number of ether oxygens (including phenoxy) is 1. The molecular weight excluding hydrogens is 262 g/mol. The summed E-state index contributed by atoms with van der Waals surface area (Å²) >= 11 is 3.52. The van der Waals surface area contributed by atoms with Gasteiger partial charge in [-0.3, -0.25) is 0 Å². The fourth-order valence-corrected chi connectivity index (χ4v) is 3.97. The van der Waals surface area contributed by atoms with E-state index in [1.54, 1.807) is 30.2 Å². The smallest absolute Gasteiger partial charge is 0.132 e. The lowest BCUT2D eigenvalue weighted by molar-refractivity contribution is 0.404. The summed E-state index contributed by atoms with van der Waals surface area (Å²) in [5.74, 6) is 0.907. The second-order valence-corrected chi connectivity index (χ2v) is 6.23. The maximum atomic E-state index is 6.11. The number of methoxy groups -OCH3 is 1. The highest BCUT2D eigenvalue weighted by atomic mass is 32.2. The molecule has 2 aromatic rings. The molecule has 0 saturated heterocycles. The summed E-state index contributed by atoms with van der Waals surface area (Å²) in [5.41, 5.74) is 6.11. The summed E-state index contributed by atoms with van der Waals surface area (Å²) in [5, 5.41) is 2.36. The molecule has 2 rings (SSSR count). The molecular formula is C14H17NOS2. The van der Waals surface area contributed by atoms with E-state index < -0.39 is 0 Å². The summed E-state index contributed by atoms with van der Waals surface area (Å²) in [6, 6.07) is 12.4. The Labute approximate surface area is 116 Å². The van der Waals surface area contributed by atoms with Gasteiger partial charge in [-0.1, -0.05) is 18.2 Å². The molecule has 0 fully saturated rings. The van der Waals surface area contributed by atoms with Gasteiger partial charge in [0.05, 0.1) is 17.3 Å². The van der Waals surface area contributed by atoms with Gasteiger partial charge in [0.25, 0.3) is 0 Å². The summed E-state index contributed by atoms with van der Waals surface area (Å²) in [6.45, 7) is 2.05. The molecule has 0 aliphatic carbocycles. The minimum atomic E-state index is 0.0959. The molecule has 0 aliphatic heterocycles. The van der Waals surface area contributed by atoms with Gasteiger partial charge in [0.1, 0.15) is 5.75 Å². The van der Waals surface area contributed by atoms with E-state index in [2.05, 4.69) is 23.6 Å². The van der Waals surface area contributed by atoms with E-state index in [9.17, 15) is 0 Å². The minimum Gasteiger partial charge on any atom is -0.496 e. The fraction of sp³-hybridized carbons (Fsp3) is 0.286. The van der Waals surface area contributed by atoms with Crippen molar-refractivity contribution in [3.8, 4) is 5.75 Å². The molecule has 0 spiro atoms.